The molecule has 1 aliphatic carbocycles. The molecule has 2 N–H and O–H groups in total. The number of hydrogen-bond donors (Lipinski definition) is 1. The number of nitrogens with zero attached hydrogens (tertiary/aromatic N) is 3. The van der Waals surface area contributed by atoms with Gasteiger partial charge in [0.1, 0.15) is 10.8 Å². The highest BCUT2D eigenvalue weighted by Crippen LogP contribution is 2.30. The third kappa shape index (κ3) is 3.22. The summed E-state index contributed by atoms with van der Waals surface area (Å²) in [7, 11) is 0. The largest absolute Gasteiger partial charge is 0.388 e. The van der Waals surface area contributed by atoms with Gasteiger partial charge in [0, 0.05) is 32.7 Å². The van der Waals surface area contributed by atoms with Crippen molar-refractivity contribution in [3.05, 3.63) is 23.9 Å². The molecule has 0 aromatic carbocycles. The molecule has 0 bridgehead atoms. The van der Waals surface area contributed by atoms with Crippen molar-refractivity contribution in [3.63, 3.8) is 0 Å². The summed E-state index contributed by atoms with van der Waals surface area (Å²) in [4.78, 5) is 9.80. The van der Waals surface area contributed by atoms with E-state index in [-0.39, 0.29) is 0 Å². The topological polar surface area (TPSA) is 45.4 Å². The standard InChI is InChI=1S/C14H20N4S/c15-14(19)12-2-1-3-13(16-12)18-8-6-17(7-9-18)10-11-4-5-11/h1-3,11H,4-10H2,(H2,15,19). The fraction of sp³-hybridized carbons (Fsp3) is 0.571. The number of rotatable bonds is 4. The minimum Gasteiger partial charge on any atom is -0.388 e. The van der Waals surface area contributed by atoms with Crippen LogP contribution in [0.25, 0.3) is 0 Å². The van der Waals surface area contributed by atoms with Gasteiger partial charge in [0.2, 0.25) is 0 Å². The Balaban J connectivity index is 1.60. The number of nitrogens with two attached hydrogens (primary N) is 1. The van der Waals surface area contributed by atoms with Crippen LogP contribution in [0, 0.1) is 5.92 Å². The second-order valence-corrected chi connectivity index (χ2v) is 5.92. The number of hydrogen-bond acceptors (Lipinski definition) is 4. The van der Waals surface area contributed by atoms with Crippen molar-refractivity contribution in [2.24, 2.45) is 11.7 Å². The number of thiocarbonyl (C=S) groups is 1. The van der Waals surface area contributed by atoms with Crippen LogP contribution in [-0.2, 0) is 0 Å². The van der Waals surface area contributed by atoms with Crippen LogP contribution in [0.4, 0.5) is 5.82 Å². The minimum atomic E-state index is 0.370. The van der Waals surface area contributed by atoms with E-state index in [2.05, 4.69) is 14.8 Å². The molecule has 3 rings (SSSR count). The third-order valence-corrected chi connectivity index (χ3v) is 4.11. The van der Waals surface area contributed by atoms with Crippen LogP contribution in [0.5, 0.6) is 0 Å². The van der Waals surface area contributed by atoms with Gasteiger partial charge in [-0.3, -0.25) is 4.90 Å². The van der Waals surface area contributed by atoms with Gasteiger partial charge < -0.3 is 10.6 Å². The molecule has 1 aliphatic heterocycles. The Labute approximate surface area is 119 Å². The molecule has 1 saturated carbocycles. The Morgan fingerprint density at radius 2 is 2.00 bits per heavy atom. The first-order valence-electron chi connectivity index (χ1n) is 6.96. The van der Waals surface area contributed by atoms with E-state index in [4.69, 9.17) is 18.0 Å². The summed E-state index contributed by atoms with van der Waals surface area (Å²) >= 11 is 4.98. The monoisotopic (exact) mass is 276 g/mol. The molecular formula is C14H20N4S. The molecule has 4 nitrogen and oxygen atoms in total. The van der Waals surface area contributed by atoms with Gasteiger partial charge in [-0.25, -0.2) is 4.98 Å². The quantitative estimate of drug-likeness (QED) is 0.839. The summed E-state index contributed by atoms with van der Waals surface area (Å²) in [5.41, 5.74) is 6.35. The molecule has 19 heavy (non-hydrogen) atoms. The number of piperazine rings is 1. The van der Waals surface area contributed by atoms with E-state index in [0.717, 1.165) is 37.9 Å². The van der Waals surface area contributed by atoms with Gasteiger partial charge in [-0.2, -0.15) is 0 Å². The summed E-state index contributed by atoms with van der Waals surface area (Å²) in [6, 6.07) is 5.89. The van der Waals surface area contributed by atoms with Gasteiger partial charge >= 0.3 is 0 Å². The first kappa shape index (κ1) is 12.8. The van der Waals surface area contributed by atoms with Crippen molar-refractivity contribution in [2.45, 2.75) is 12.8 Å². The van der Waals surface area contributed by atoms with Gasteiger partial charge in [-0.05, 0) is 30.9 Å². The molecule has 0 amide bonds. The van der Waals surface area contributed by atoms with E-state index in [1.807, 2.05) is 18.2 Å². The maximum Gasteiger partial charge on any atom is 0.129 e. The van der Waals surface area contributed by atoms with Crippen molar-refractivity contribution in [1.29, 1.82) is 0 Å². The predicted molar refractivity (Wildman–Crippen MR) is 81.5 cm³/mol. The summed E-state index contributed by atoms with van der Waals surface area (Å²) in [5.74, 6) is 1.97. The normalized spacial score (nSPS) is 20.5. The molecule has 1 aromatic heterocycles. The molecule has 102 valence electrons. The predicted octanol–water partition coefficient (Wildman–Crippen LogP) is 1.25. The lowest BCUT2D eigenvalue weighted by atomic mass is 10.2. The average Bonchev–Trinajstić information content (AvgIpc) is 3.24. The van der Waals surface area contributed by atoms with E-state index in [0.29, 0.717) is 10.7 Å². The maximum atomic E-state index is 5.64. The molecule has 2 aliphatic rings. The van der Waals surface area contributed by atoms with Crippen molar-refractivity contribution in [2.75, 3.05) is 37.6 Å². The molecule has 1 aromatic rings. The number of anilines is 1. The summed E-state index contributed by atoms with van der Waals surface area (Å²) in [5, 5.41) is 0. The minimum absolute atomic E-state index is 0.370. The molecule has 0 unspecified atom stereocenters. The van der Waals surface area contributed by atoms with E-state index in [1.54, 1.807) is 0 Å². The number of pyridine rings is 1. The van der Waals surface area contributed by atoms with Crippen LogP contribution in [0.15, 0.2) is 18.2 Å². The second kappa shape index (κ2) is 5.43. The fourth-order valence-electron chi connectivity index (χ4n) is 2.56. The first-order valence-corrected chi connectivity index (χ1v) is 7.37. The van der Waals surface area contributed by atoms with Crippen LogP contribution in [0.1, 0.15) is 18.5 Å². The summed E-state index contributed by atoms with van der Waals surface area (Å²) in [6.45, 7) is 5.64. The fourth-order valence-corrected chi connectivity index (χ4v) is 2.68. The van der Waals surface area contributed by atoms with E-state index in [1.165, 1.54) is 19.4 Å². The third-order valence-electron chi connectivity index (χ3n) is 3.90. The van der Waals surface area contributed by atoms with E-state index in [9.17, 15) is 0 Å². The van der Waals surface area contributed by atoms with Crippen molar-refractivity contribution < 1.29 is 0 Å². The Morgan fingerprint density at radius 3 is 2.63 bits per heavy atom. The SMILES string of the molecule is NC(=S)c1cccc(N2CCN(CC3CC3)CC2)n1. The zero-order valence-electron chi connectivity index (χ0n) is 11.1. The van der Waals surface area contributed by atoms with E-state index < -0.39 is 0 Å². The maximum absolute atomic E-state index is 5.64. The van der Waals surface area contributed by atoms with Gasteiger partial charge in [0.25, 0.3) is 0 Å². The van der Waals surface area contributed by atoms with Crippen LogP contribution in [-0.4, -0.2) is 47.6 Å². The molecule has 2 heterocycles. The highest BCUT2D eigenvalue weighted by molar-refractivity contribution is 7.80. The Kier molecular flexibility index (Phi) is 3.66. The van der Waals surface area contributed by atoms with Crippen LogP contribution in [0.3, 0.4) is 0 Å². The van der Waals surface area contributed by atoms with Gasteiger partial charge in [-0.1, -0.05) is 18.3 Å². The highest BCUT2D eigenvalue weighted by Gasteiger charge is 2.26. The first-order chi connectivity index (χ1) is 9.22. The van der Waals surface area contributed by atoms with E-state index >= 15 is 0 Å². The van der Waals surface area contributed by atoms with Crippen molar-refractivity contribution in [1.82, 2.24) is 9.88 Å². The van der Waals surface area contributed by atoms with Crippen molar-refractivity contribution in [3.8, 4) is 0 Å². The summed E-state index contributed by atoms with van der Waals surface area (Å²) < 4.78 is 0. The van der Waals surface area contributed by atoms with Crippen molar-refractivity contribution >= 4 is 23.0 Å². The van der Waals surface area contributed by atoms with Gasteiger partial charge in [0.05, 0.1) is 5.69 Å². The lowest BCUT2D eigenvalue weighted by Crippen LogP contribution is -2.47. The Bertz CT molecular complexity index is 464. The summed E-state index contributed by atoms with van der Waals surface area (Å²) in [6.07, 6.45) is 2.86. The average molecular weight is 276 g/mol. The zero-order valence-corrected chi connectivity index (χ0v) is 11.9. The van der Waals surface area contributed by atoms with Crippen LogP contribution < -0.4 is 10.6 Å². The lowest BCUT2D eigenvalue weighted by Gasteiger charge is -2.35. The van der Waals surface area contributed by atoms with Crippen LogP contribution >= 0.6 is 12.2 Å². The smallest absolute Gasteiger partial charge is 0.129 e. The Hall–Kier alpha value is -1.20. The zero-order chi connectivity index (χ0) is 13.2. The molecule has 0 atom stereocenters. The van der Waals surface area contributed by atoms with Gasteiger partial charge in [0.15, 0.2) is 0 Å². The highest BCUT2D eigenvalue weighted by atomic mass is 32.1. The molecule has 0 radical (unpaired) electrons. The lowest BCUT2D eigenvalue weighted by molar-refractivity contribution is 0.247. The molecule has 5 heteroatoms. The second-order valence-electron chi connectivity index (χ2n) is 5.48. The molecular weight excluding hydrogens is 256 g/mol. The molecule has 1 saturated heterocycles. The Morgan fingerprint density at radius 1 is 1.26 bits per heavy atom. The van der Waals surface area contributed by atoms with Gasteiger partial charge in [-0.15, -0.1) is 0 Å². The van der Waals surface area contributed by atoms with Crippen LogP contribution in [0.2, 0.25) is 0 Å². The molecule has 2 fully saturated rings. The molecule has 0 spiro atoms. The number of aromatic nitrogens is 1.